The molecular weight excluding hydrogens is 278 g/mol. The summed E-state index contributed by atoms with van der Waals surface area (Å²) in [4.78, 5) is 4.68. The number of nitrogens with one attached hydrogen (secondary N) is 2. The molecule has 0 saturated heterocycles. The van der Waals surface area contributed by atoms with E-state index in [0.717, 1.165) is 35.5 Å². The summed E-state index contributed by atoms with van der Waals surface area (Å²) in [6, 6.07) is 6.59. The summed E-state index contributed by atoms with van der Waals surface area (Å²) in [6.45, 7) is 6.16. The van der Waals surface area contributed by atoms with Crippen LogP contribution in [-0.4, -0.2) is 25.3 Å². The molecular formula is C17H25N3O2. The fraction of sp³-hybridized carbons (Fsp3) is 0.588. The van der Waals surface area contributed by atoms with Gasteiger partial charge in [0.1, 0.15) is 0 Å². The quantitative estimate of drug-likeness (QED) is 0.626. The highest BCUT2D eigenvalue weighted by Gasteiger charge is 2.36. The Balaban J connectivity index is 1.58. The molecule has 1 aromatic rings. The van der Waals surface area contributed by atoms with Crippen LogP contribution in [-0.2, 0) is 6.54 Å². The molecule has 2 N–H and O–H groups in total. The zero-order valence-corrected chi connectivity index (χ0v) is 13.4. The maximum absolute atomic E-state index is 5.41. The van der Waals surface area contributed by atoms with E-state index in [1.165, 1.54) is 19.3 Å². The van der Waals surface area contributed by atoms with Crippen molar-refractivity contribution in [3.05, 3.63) is 23.8 Å². The molecule has 2 unspecified atom stereocenters. The van der Waals surface area contributed by atoms with Crippen molar-refractivity contribution in [2.24, 2.45) is 10.9 Å². The second kappa shape index (κ2) is 6.90. The maximum Gasteiger partial charge on any atom is 0.231 e. The molecule has 1 heterocycles. The summed E-state index contributed by atoms with van der Waals surface area (Å²) in [5, 5.41) is 6.85. The molecule has 0 aromatic heterocycles. The lowest BCUT2D eigenvalue weighted by atomic mass is 10.2. The van der Waals surface area contributed by atoms with Gasteiger partial charge in [0.05, 0.1) is 6.54 Å². The number of hydrogen-bond donors (Lipinski definition) is 2. The van der Waals surface area contributed by atoms with Crippen LogP contribution in [0.2, 0.25) is 0 Å². The van der Waals surface area contributed by atoms with Crippen LogP contribution in [0.4, 0.5) is 0 Å². The Kier molecular flexibility index (Phi) is 4.71. The van der Waals surface area contributed by atoms with Crippen molar-refractivity contribution in [3.63, 3.8) is 0 Å². The average molecular weight is 303 g/mol. The van der Waals surface area contributed by atoms with E-state index >= 15 is 0 Å². The van der Waals surface area contributed by atoms with Gasteiger partial charge < -0.3 is 20.1 Å². The Bertz CT molecular complexity index is 545. The van der Waals surface area contributed by atoms with Crippen LogP contribution in [0.5, 0.6) is 11.5 Å². The lowest BCUT2D eigenvalue weighted by molar-refractivity contribution is 0.174. The molecule has 1 aliphatic carbocycles. The molecule has 5 nitrogen and oxygen atoms in total. The Morgan fingerprint density at radius 1 is 1.27 bits per heavy atom. The SMILES string of the molecule is CCCC1CC1NC(=NCc1ccc2c(c1)OCO2)NCC. The first-order valence-corrected chi connectivity index (χ1v) is 8.23. The summed E-state index contributed by atoms with van der Waals surface area (Å²) in [5.41, 5.74) is 1.13. The normalized spacial score (nSPS) is 22.5. The molecule has 0 spiro atoms. The highest BCUT2D eigenvalue weighted by Crippen LogP contribution is 2.34. The zero-order chi connectivity index (χ0) is 15.4. The highest BCUT2D eigenvalue weighted by atomic mass is 16.7. The molecule has 0 amide bonds. The van der Waals surface area contributed by atoms with Crippen LogP contribution in [0.25, 0.3) is 0 Å². The van der Waals surface area contributed by atoms with Gasteiger partial charge in [-0.2, -0.15) is 0 Å². The lowest BCUT2D eigenvalue weighted by Gasteiger charge is -2.11. The minimum absolute atomic E-state index is 0.312. The van der Waals surface area contributed by atoms with Gasteiger partial charge >= 0.3 is 0 Å². The molecule has 5 heteroatoms. The summed E-state index contributed by atoms with van der Waals surface area (Å²) in [7, 11) is 0. The fourth-order valence-electron chi connectivity index (χ4n) is 2.82. The molecule has 1 aromatic carbocycles. The third-order valence-corrected chi connectivity index (χ3v) is 4.11. The minimum Gasteiger partial charge on any atom is -0.454 e. The lowest BCUT2D eigenvalue weighted by Crippen LogP contribution is -2.39. The molecule has 2 atom stereocenters. The van der Waals surface area contributed by atoms with Crippen LogP contribution in [0.1, 0.15) is 38.7 Å². The second-order valence-corrected chi connectivity index (χ2v) is 5.92. The highest BCUT2D eigenvalue weighted by molar-refractivity contribution is 5.80. The molecule has 120 valence electrons. The topological polar surface area (TPSA) is 54.9 Å². The minimum atomic E-state index is 0.312. The van der Waals surface area contributed by atoms with Crippen LogP contribution in [0, 0.1) is 5.92 Å². The summed E-state index contributed by atoms with van der Waals surface area (Å²) < 4.78 is 10.7. The molecule has 3 rings (SSSR count). The average Bonchev–Trinajstić information content (AvgIpc) is 3.08. The first-order valence-electron chi connectivity index (χ1n) is 8.23. The number of nitrogens with zero attached hydrogens (tertiary/aromatic N) is 1. The monoisotopic (exact) mass is 303 g/mol. The summed E-state index contributed by atoms with van der Waals surface area (Å²) in [5.74, 6) is 3.36. The largest absolute Gasteiger partial charge is 0.454 e. The Labute approximate surface area is 132 Å². The van der Waals surface area contributed by atoms with Crippen molar-refractivity contribution in [2.45, 2.75) is 45.7 Å². The van der Waals surface area contributed by atoms with Gasteiger partial charge in [-0.3, -0.25) is 0 Å². The molecule has 2 aliphatic rings. The van der Waals surface area contributed by atoms with Crippen molar-refractivity contribution in [1.29, 1.82) is 0 Å². The number of rotatable bonds is 6. The van der Waals surface area contributed by atoms with E-state index in [4.69, 9.17) is 9.47 Å². The van der Waals surface area contributed by atoms with Gasteiger partial charge in [-0.25, -0.2) is 4.99 Å². The van der Waals surface area contributed by atoms with Crippen LogP contribution >= 0.6 is 0 Å². The van der Waals surface area contributed by atoms with Gasteiger partial charge in [0.15, 0.2) is 17.5 Å². The number of hydrogen-bond acceptors (Lipinski definition) is 3. The van der Waals surface area contributed by atoms with E-state index in [1.807, 2.05) is 18.2 Å². The molecule has 0 radical (unpaired) electrons. The van der Waals surface area contributed by atoms with E-state index in [2.05, 4.69) is 29.5 Å². The maximum atomic E-state index is 5.41. The molecule has 1 aliphatic heterocycles. The second-order valence-electron chi connectivity index (χ2n) is 5.92. The summed E-state index contributed by atoms with van der Waals surface area (Å²) in [6.07, 6.45) is 3.83. The molecule has 0 bridgehead atoms. The van der Waals surface area contributed by atoms with Crippen LogP contribution in [0.15, 0.2) is 23.2 Å². The van der Waals surface area contributed by atoms with Crippen molar-refractivity contribution >= 4 is 5.96 Å². The van der Waals surface area contributed by atoms with E-state index in [9.17, 15) is 0 Å². The standard InChI is InChI=1S/C17H25N3O2/c1-3-5-13-9-14(13)20-17(18-4-2)19-10-12-6-7-15-16(8-12)22-11-21-15/h6-8,13-14H,3-5,9-11H2,1-2H3,(H2,18,19,20). The van der Waals surface area contributed by atoms with Crippen molar-refractivity contribution in [1.82, 2.24) is 10.6 Å². The van der Waals surface area contributed by atoms with Crippen LogP contribution in [0.3, 0.4) is 0 Å². The van der Waals surface area contributed by atoms with Gasteiger partial charge in [-0.15, -0.1) is 0 Å². The van der Waals surface area contributed by atoms with Crippen molar-refractivity contribution in [2.75, 3.05) is 13.3 Å². The predicted molar refractivity (Wildman–Crippen MR) is 87.3 cm³/mol. The Morgan fingerprint density at radius 2 is 2.14 bits per heavy atom. The van der Waals surface area contributed by atoms with Gasteiger partial charge in [-0.05, 0) is 43.4 Å². The van der Waals surface area contributed by atoms with Gasteiger partial charge in [0.25, 0.3) is 0 Å². The first kappa shape index (κ1) is 15.0. The number of fused-ring (bicyclic) bond motifs is 1. The Morgan fingerprint density at radius 3 is 2.95 bits per heavy atom. The van der Waals surface area contributed by atoms with Crippen molar-refractivity contribution in [3.8, 4) is 11.5 Å². The van der Waals surface area contributed by atoms with Gasteiger partial charge in [0, 0.05) is 12.6 Å². The molecule has 1 saturated carbocycles. The van der Waals surface area contributed by atoms with E-state index in [1.54, 1.807) is 0 Å². The Hall–Kier alpha value is -1.91. The third kappa shape index (κ3) is 3.64. The van der Waals surface area contributed by atoms with Crippen LogP contribution < -0.4 is 20.1 Å². The number of aliphatic imine (C=N–C) groups is 1. The molecule has 1 fully saturated rings. The first-order chi connectivity index (χ1) is 10.8. The zero-order valence-electron chi connectivity index (χ0n) is 13.4. The van der Waals surface area contributed by atoms with Gasteiger partial charge in [-0.1, -0.05) is 19.4 Å². The summed E-state index contributed by atoms with van der Waals surface area (Å²) >= 11 is 0. The predicted octanol–water partition coefficient (Wildman–Crippen LogP) is 2.66. The fourth-order valence-corrected chi connectivity index (χ4v) is 2.82. The molecule has 22 heavy (non-hydrogen) atoms. The number of benzene rings is 1. The number of guanidine groups is 1. The van der Waals surface area contributed by atoms with Crippen molar-refractivity contribution < 1.29 is 9.47 Å². The third-order valence-electron chi connectivity index (χ3n) is 4.11. The van der Waals surface area contributed by atoms with E-state index < -0.39 is 0 Å². The van der Waals surface area contributed by atoms with Gasteiger partial charge in [0.2, 0.25) is 6.79 Å². The number of ether oxygens (including phenoxy) is 2. The van der Waals surface area contributed by atoms with E-state index in [0.29, 0.717) is 19.4 Å². The van der Waals surface area contributed by atoms with E-state index in [-0.39, 0.29) is 0 Å². The smallest absolute Gasteiger partial charge is 0.231 e.